The van der Waals surface area contributed by atoms with Crippen molar-refractivity contribution in [3.8, 4) is 0 Å². The Hall–Kier alpha value is -0.120. The predicted octanol–water partition coefficient (Wildman–Crippen LogP) is 2.62. The number of nitrogens with zero attached hydrogens (tertiary/aromatic N) is 1. The lowest BCUT2D eigenvalue weighted by atomic mass is 9.75. The van der Waals surface area contributed by atoms with Crippen LogP contribution in [0.5, 0.6) is 0 Å². The Kier molecular flexibility index (Phi) is 6.78. The van der Waals surface area contributed by atoms with Gasteiger partial charge in [-0.3, -0.25) is 4.90 Å². The fourth-order valence-corrected chi connectivity index (χ4v) is 3.65. The first-order valence-corrected chi connectivity index (χ1v) is 8.07. The van der Waals surface area contributed by atoms with Crippen molar-refractivity contribution < 1.29 is 5.11 Å². The van der Waals surface area contributed by atoms with E-state index in [0.29, 0.717) is 12.0 Å². The Bertz CT molecular complexity index is 250. The van der Waals surface area contributed by atoms with Gasteiger partial charge in [-0.1, -0.05) is 33.1 Å². The van der Waals surface area contributed by atoms with Gasteiger partial charge in [-0.05, 0) is 51.6 Å². The van der Waals surface area contributed by atoms with Crippen molar-refractivity contribution in [2.45, 2.75) is 71.4 Å². The maximum absolute atomic E-state index is 10.1. The lowest BCUT2D eigenvalue weighted by molar-refractivity contribution is -0.00372. The van der Waals surface area contributed by atoms with E-state index in [9.17, 15) is 5.11 Å². The Balaban J connectivity index is 2.71. The number of hydrogen-bond acceptors (Lipinski definition) is 3. The first kappa shape index (κ1) is 16.9. The first-order chi connectivity index (χ1) is 8.91. The van der Waals surface area contributed by atoms with Crippen LogP contribution in [-0.4, -0.2) is 41.3 Å². The zero-order valence-corrected chi connectivity index (χ0v) is 13.4. The minimum Gasteiger partial charge on any atom is -0.389 e. The summed E-state index contributed by atoms with van der Waals surface area (Å²) < 4.78 is 0. The van der Waals surface area contributed by atoms with Gasteiger partial charge >= 0.3 is 0 Å². The molecule has 0 aliphatic heterocycles. The average molecular weight is 270 g/mol. The van der Waals surface area contributed by atoms with Crippen molar-refractivity contribution in [1.29, 1.82) is 0 Å². The van der Waals surface area contributed by atoms with E-state index in [4.69, 9.17) is 5.73 Å². The number of hydrogen-bond donors (Lipinski definition) is 2. The standard InChI is InChI=1S/C16H34N2O/c1-5-7-13-8-9-14(11-17)15(10-13)18(6-2)12-16(3,4)19/h13-15,19H,5-12,17H2,1-4H3. The van der Waals surface area contributed by atoms with E-state index >= 15 is 0 Å². The second kappa shape index (κ2) is 7.61. The lowest BCUT2D eigenvalue weighted by Crippen LogP contribution is -2.51. The Morgan fingerprint density at radius 3 is 2.42 bits per heavy atom. The molecule has 1 rings (SSSR count). The molecule has 114 valence electrons. The van der Waals surface area contributed by atoms with Crippen LogP contribution in [0, 0.1) is 11.8 Å². The highest BCUT2D eigenvalue weighted by Crippen LogP contribution is 2.34. The van der Waals surface area contributed by atoms with Crippen LogP contribution in [-0.2, 0) is 0 Å². The summed E-state index contributed by atoms with van der Waals surface area (Å²) in [6.07, 6.45) is 6.48. The van der Waals surface area contributed by atoms with E-state index in [1.807, 2.05) is 13.8 Å². The number of aliphatic hydroxyl groups is 1. The molecular formula is C16H34N2O. The molecule has 3 heteroatoms. The molecule has 0 saturated heterocycles. The molecule has 0 heterocycles. The van der Waals surface area contributed by atoms with Crippen molar-refractivity contribution >= 4 is 0 Å². The summed E-state index contributed by atoms with van der Waals surface area (Å²) in [7, 11) is 0. The largest absolute Gasteiger partial charge is 0.389 e. The zero-order valence-electron chi connectivity index (χ0n) is 13.4. The van der Waals surface area contributed by atoms with Gasteiger partial charge in [0, 0.05) is 12.6 Å². The van der Waals surface area contributed by atoms with Crippen LogP contribution in [0.15, 0.2) is 0 Å². The van der Waals surface area contributed by atoms with Crippen LogP contribution in [0.3, 0.4) is 0 Å². The summed E-state index contributed by atoms with van der Waals surface area (Å²) >= 11 is 0. The van der Waals surface area contributed by atoms with E-state index in [-0.39, 0.29) is 0 Å². The van der Waals surface area contributed by atoms with Crippen molar-refractivity contribution in [1.82, 2.24) is 4.90 Å². The summed E-state index contributed by atoms with van der Waals surface area (Å²) in [5.74, 6) is 1.46. The maximum Gasteiger partial charge on any atom is 0.0718 e. The summed E-state index contributed by atoms with van der Waals surface area (Å²) in [6.45, 7) is 10.8. The molecule has 1 aliphatic carbocycles. The van der Waals surface area contributed by atoms with E-state index < -0.39 is 5.60 Å². The summed E-state index contributed by atoms with van der Waals surface area (Å²) in [5, 5.41) is 10.1. The third kappa shape index (κ3) is 5.41. The topological polar surface area (TPSA) is 49.5 Å². The van der Waals surface area contributed by atoms with E-state index in [0.717, 1.165) is 25.6 Å². The molecule has 3 N–H and O–H groups in total. The molecule has 0 amide bonds. The minimum atomic E-state index is -0.618. The maximum atomic E-state index is 10.1. The Labute approximate surface area is 119 Å². The number of nitrogens with two attached hydrogens (primary N) is 1. The molecule has 1 aliphatic rings. The van der Waals surface area contributed by atoms with Crippen LogP contribution in [0.1, 0.15) is 59.8 Å². The van der Waals surface area contributed by atoms with Gasteiger partial charge in [-0.2, -0.15) is 0 Å². The summed E-state index contributed by atoms with van der Waals surface area (Å²) in [4.78, 5) is 2.46. The fourth-order valence-electron chi connectivity index (χ4n) is 3.65. The third-order valence-electron chi connectivity index (χ3n) is 4.53. The van der Waals surface area contributed by atoms with Crippen LogP contribution < -0.4 is 5.73 Å². The molecule has 0 aromatic heterocycles. The monoisotopic (exact) mass is 270 g/mol. The molecule has 0 aromatic rings. The van der Waals surface area contributed by atoms with Gasteiger partial charge in [0.15, 0.2) is 0 Å². The fraction of sp³-hybridized carbons (Fsp3) is 1.00. The van der Waals surface area contributed by atoms with Crippen LogP contribution in [0.4, 0.5) is 0 Å². The van der Waals surface area contributed by atoms with E-state index in [1.165, 1.54) is 32.1 Å². The average Bonchev–Trinajstić information content (AvgIpc) is 2.35. The molecule has 0 spiro atoms. The minimum absolute atomic E-state index is 0.562. The SMILES string of the molecule is CCCC1CCC(CN)C(N(CC)CC(C)(C)O)C1. The molecule has 0 bridgehead atoms. The summed E-state index contributed by atoms with van der Waals surface area (Å²) in [6, 6.07) is 0.562. The van der Waals surface area contributed by atoms with Gasteiger partial charge in [0.1, 0.15) is 0 Å². The van der Waals surface area contributed by atoms with Crippen molar-refractivity contribution in [3.05, 3.63) is 0 Å². The smallest absolute Gasteiger partial charge is 0.0718 e. The van der Waals surface area contributed by atoms with Crippen molar-refractivity contribution in [3.63, 3.8) is 0 Å². The Morgan fingerprint density at radius 2 is 1.95 bits per heavy atom. The highest BCUT2D eigenvalue weighted by molar-refractivity contribution is 4.89. The summed E-state index contributed by atoms with van der Waals surface area (Å²) in [5.41, 5.74) is 5.36. The predicted molar refractivity (Wildman–Crippen MR) is 82.1 cm³/mol. The van der Waals surface area contributed by atoms with Gasteiger partial charge < -0.3 is 10.8 Å². The van der Waals surface area contributed by atoms with Crippen molar-refractivity contribution in [2.75, 3.05) is 19.6 Å². The van der Waals surface area contributed by atoms with Crippen LogP contribution in [0.2, 0.25) is 0 Å². The highest BCUT2D eigenvalue weighted by atomic mass is 16.3. The molecule has 1 fully saturated rings. The molecule has 3 atom stereocenters. The zero-order chi connectivity index (χ0) is 14.5. The van der Waals surface area contributed by atoms with E-state index in [2.05, 4.69) is 18.7 Å². The second-order valence-corrected chi connectivity index (χ2v) is 6.91. The third-order valence-corrected chi connectivity index (χ3v) is 4.53. The molecule has 3 unspecified atom stereocenters. The highest BCUT2D eigenvalue weighted by Gasteiger charge is 2.34. The second-order valence-electron chi connectivity index (χ2n) is 6.91. The molecule has 0 radical (unpaired) electrons. The quantitative estimate of drug-likeness (QED) is 0.747. The van der Waals surface area contributed by atoms with Crippen LogP contribution >= 0.6 is 0 Å². The van der Waals surface area contributed by atoms with Gasteiger partial charge in [0.05, 0.1) is 5.60 Å². The number of rotatable bonds is 7. The molecular weight excluding hydrogens is 236 g/mol. The molecule has 19 heavy (non-hydrogen) atoms. The normalized spacial score (nSPS) is 28.9. The van der Waals surface area contributed by atoms with Gasteiger partial charge in [-0.15, -0.1) is 0 Å². The molecule has 3 nitrogen and oxygen atoms in total. The van der Waals surface area contributed by atoms with E-state index in [1.54, 1.807) is 0 Å². The van der Waals surface area contributed by atoms with Crippen molar-refractivity contribution in [2.24, 2.45) is 17.6 Å². The molecule has 0 aromatic carbocycles. The van der Waals surface area contributed by atoms with Gasteiger partial charge in [0.2, 0.25) is 0 Å². The van der Waals surface area contributed by atoms with Gasteiger partial charge in [0.25, 0.3) is 0 Å². The van der Waals surface area contributed by atoms with Crippen LogP contribution in [0.25, 0.3) is 0 Å². The first-order valence-electron chi connectivity index (χ1n) is 8.07. The Morgan fingerprint density at radius 1 is 1.26 bits per heavy atom. The lowest BCUT2D eigenvalue weighted by Gasteiger charge is -2.44. The van der Waals surface area contributed by atoms with Gasteiger partial charge in [-0.25, -0.2) is 0 Å². The molecule has 1 saturated carbocycles. The number of likely N-dealkylation sites (N-methyl/N-ethyl adjacent to an activating group) is 1.